The van der Waals surface area contributed by atoms with Crippen molar-refractivity contribution in [2.24, 2.45) is 5.92 Å². The maximum Gasteiger partial charge on any atom is 0.216 e. The second kappa shape index (κ2) is 6.19. The van der Waals surface area contributed by atoms with Crippen molar-refractivity contribution in [1.29, 1.82) is 5.26 Å². The molecule has 0 atom stereocenters. The number of amides is 1. The first-order chi connectivity index (χ1) is 9.19. The van der Waals surface area contributed by atoms with Gasteiger partial charge in [-0.2, -0.15) is 5.26 Å². The average molecular weight is 258 g/mol. The number of aromatic nitrogens is 1. The van der Waals surface area contributed by atoms with Gasteiger partial charge >= 0.3 is 0 Å². The van der Waals surface area contributed by atoms with Gasteiger partial charge < -0.3 is 10.2 Å². The highest BCUT2D eigenvalue weighted by atomic mass is 16.1. The SMILES string of the molecule is CC(=O)NCC1CCN(c2ccnc(C#N)c2)CC1. The normalized spacial score (nSPS) is 15.9. The maximum absolute atomic E-state index is 10.9. The van der Waals surface area contributed by atoms with Crippen LogP contribution < -0.4 is 10.2 Å². The molecule has 1 aromatic rings. The second-order valence-electron chi connectivity index (χ2n) is 4.88. The van der Waals surface area contributed by atoms with Crippen LogP contribution in [0.3, 0.4) is 0 Å². The van der Waals surface area contributed by atoms with Gasteiger partial charge in [0.05, 0.1) is 0 Å². The summed E-state index contributed by atoms with van der Waals surface area (Å²) in [5.74, 6) is 0.590. The predicted octanol–water partition coefficient (Wildman–Crippen LogP) is 1.31. The summed E-state index contributed by atoms with van der Waals surface area (Å²) >= 11 is 0. The summed E-state index contributed by atoms with van der Waals surface area (Å²) in [5.41, 5.74) is 1.52. The Labute approximate surface area is 113 Å². The number of anilines is 1. The van der Waals surface area contributed by atoms with Crippen LogP contribution >= 0.6 is 0 Å². The van der Waals surface area contributed by atoms with Crippen LogP contribution in [0.4, 0.5) is 5.69 Å². The minimum absolute atomic E-state index is 0.0372. The Morgan fingerprint density at radius 3 is 2.95 bits per heavy atom. The Balaban J connectivity index is 1.89. The minimum atomic E-state index is 0.0372. The third-order valence-electron chi connectivity index (χ3n) is 3.48. The zero-order chi connectivity index (χ0) is 13.7. The first-order valence-corrected chi connectivity index (χ1v) is 6.54. The van der Waals surface area contributed by atoms with E-state index in [1.807, 2.05) is 12.1 Å². The van der Waals surface area contributed by atoms with E-state index in [1.165, 1.54) is 0 Å². The molecule has 5 heteroatoms. The van der Waals surface area contributed by atoms with Crippen molar-refractivity contribution >= 4 is 11.6 Å². The Bertz CT molecular complexity index is 486. The van der Waals surface area contributed by atoms with Crippen molar-refractivity contribution in [3.8, 4) is 6.07 Å². The fourth-order valence-electron chi connectivity index (χ4n) is 2.36. The highest BCUT2D eigenvalue weighted by Gasteiger charge is 2.19. The molecule has 1 aliphatic rings. The van der Waals surface area contributed by atoms with Crippen molar-refractivity contribution in [1.82, 2.24) is 10.3 Å². The molecule has 0 aliphatic carbocycles. The molecule has 0 saturated carbocycles. The Morgan fingerprint density at radius 1 is 1.58 bits per heavy atom. The molecule has 100 valence electrons. The summed E-state index contributed by atoms with van der Waals surface area (Å²) in [5, 5.41) is 11.7. The molecule has 1 aromatic heterocycles. The largest absolute Gasteiger partial charge is 0.371 e. The van der Waals surface area contributed by atoms with Crippen molar-refractivity contribution in [3.05, 3.63) is 24.0 Å². The average Bonchev–Trinajstić information content (AvgIpc) is 2.45. The van der Waals surface area contributed by atoms with Crippen LogP contribution in [0.5, 0.6) is 0 Å². The molecular formula is C14H18N4O. The van der Waals surface area contributed by atoms with Crippen molar-refractivity contribution in [3.63, 3.8) is 0 Å². The highest BCUT2D eigenvalue weighted by Crippen LogP contribution is 2.22. The van der Waals surface area contributed by atoms with Crippen molar-refractivity contribution in [2.75, 3.05) is 24.5 Å². The van der Waals surface area contributed by atoms with Gasteiger partial charge in [-0.15, -0.1) is 0 Å². The topological polar surface area (TPSA) is 69.0 Å². The van der Waals surface area contributed by atoms with E-state index >= 15 is 0 Å². The van der Waals surface area contributed by atoms with E-state index in [2.05, 4.69) is 21.3 Å². The number of nitriles is 1. The standard InChI is InChI=1S/C14H18N4O/c1-11(19)17-10-12-3-6-18(7-4-12)14-2-5-16-13(8-14)9-15/h2,5,8,12H,3-4,6-7,10H2,1H3,(H,17,19). The van der Waals surface area contributed by atoms with Gasteiger partial charge in [-0.25, -0.2) is 4.98 Å². The van der Waals surface area contributed by atoms with Crippen LogP contribution in [0, 0.1) is 17.2 Å². The van der Waals surface area contributed by atoms with Crippen LogP contribution in [-0.4, -0.2) is 30.5 Å². The molecule has 5 nitrogen and oxygen atoms in total. The number of hydrogen-bond donors (Lipinski definition) is 1. The monoisotopic (exact) mass is 258 g/mol. The van der Waals surface area contributed by atoms with E-state index < -0.39 is 0 Å². The summed E-state index contributed by atoms with van der Waals surface area (Å²) in [6.07, 6.45) is 3.80. The lowest BCUT2D eigenvalue weighted by Gasteiger charge is -2.33. The van der Waals surface area contributed by atoms with Crippen LogP contribution in [0.1, 0.15) is 25.5 Å². The number of carbonyl (C=O) groups is 1. The summed E-state index contributed by atoms with van der Waals surface area (Å²) < 4.78 is 0. The Kier molecular flexibility index (Phi) is 4.35. The molecule has 1 amide bonds. The number of carbonyl (C=O) groups excluding carboxylic acids is 1. The van der Waals surface area contributed by atoms with Gasteiger partial charge in [-0.05, 0) is 30.9 Å². The number of rotatable bonds is 3. The van der Waals surface area contributed by atoms with Gasteiger partial charge in [0.1, 0.15) is 11.8 Å². The van der Waals surface area contributed by atoms with E-state index in [0.717, 1.165) is 38.2 Å². The van der Waals surface area contributed by atoms with Crippen molar-refractivity contribution < 1.29 is 4.79 Å². The third-order valence-corrected chi connectivity index (χ3v) is 3.48. The van der Waals surface area contributed by atoms with Gasteiger partial charge in [-0.1, -0.05) is 0 Å². The maximum atomic E-state index is 10.9. The first kappa shape index (κ1) is 13.3. The van der Waals surface area contributed by atoms with Crippen LogP contribution in [-0.2, 0) is 4.79 Å². The van der Waals surface area contributed by atoms with Gasteiger partial charge in [0.25, 0.3) is 0 Å². The summed E-state index contributed by atoms with van der Waals surface area (Å²) in [6.45, 7) is 4.23. The van der Waals surface area contributed by atoms with Crippen LogP contribution in [0.15, 0.2) is 18.3 Å². The highest BCUT2D eigenvalue weighted by molar-refractivity contribution is 5.72. The van der Waals surface area contributed by atoms with Gasteiger partial charge in [0.2, 0.25) is 5.91 Å². The van der Waals surface area contributed by atoms with E-state index in [0.29, 0.717) is 11.6 Å². The number of nitrogens with zero attached hydrogens (tertiary/aromatic N) is 3. The molecule has 0 aromatic carbocycles. The molecule has 2 heterocycles. The molecular weight excluding hydrogens is 240 g/mol. The van der Waals surface area contributed by atoms with E-state index in [-0.39, 0.29) is 5.91 Å². The molecule has 1 aliphatic heterocycles. The second-order valence-corrected chi connectivity index (χ2v) is 4.88. The fraction of sp³-hybridized carbons (Fsp3) is 0.500. The minimum Gasteiger partial charge on any atom is -0.371 e. The molecule has 0 unspecified atom stereocenters. The molecule has 0 spiro atoms. The Morgan fingerprint density at radius 2 is 2.32 bits per heavy atom. The lowest BCUT2D eigenvalue weighted by atomic mass is 9.96. The van der Waals surface area contributed by atoms with E-state index in [4.69, 9.17) is 5.26 Å². The van der Waals surface area contributed by atoms with Gasteiger partial charge in [0.15, 0.2) is 0 Å². The summed E-state index contributed by atoms with van der Waals surface area (Å²) in [4.78, 5) is 17.1. The fourth-order valence-corrected chi connectivity index (χ4v) is 2.36. The quantitative estimate of drug-likeness (QED) is 0.887. The van der Waals surface area contributed by atoms with E-state index in [1.54, 1.807) is 13.1 Å². The van der Waals surface area contributed by atoms with Crippen LogP contribution in [0.25, 0.3) is 0 Å². The number of piperidine rings is 1. The first-order valence-electron chi connectivity index (χ1n) is 6.54. The Hall–Kier alpha value is -2.09. The number of pyridine rings is 1. The van der Waals surface area contributed by atoms with Crippen LogP contribution in [0.2, 0.25) is 0 Å². The molecule has 0 radical (unpaired) electrons. The lowest BCUT2D eigenvalue weighted by Crippen LogP contribution is -2.38. The number of nitrogens with one attached hydrogen (secondary N) is 1. The molecule has 2 rings (SSSR count). The molecule has 1 N–H and O–H groups in total. The zero-order valence-corrected chi connectivity index (χ0v) is 11.1. The van der Waals surface area contributed by atoms with Crippen molar-refractivity contribution in [2.45, 2.75) is 19.8 Å². The zero-order valence-electron chi connectivity index (χ0n) is 11.1. The molecule has 1 fully saturated rings. The third kappa shape index (κ3) is 3.68. The number of hydrogen-bond acceptors (Lipinski definition) is 4. The molecule has 0 bridgehead atoms. The van der Waals surface area contributed by atoms with Gasteiger partial charge in [0, 0.05) is 38.4 Å². The summed E-state index contributed by atoms with van der Waals surface area (Å²) in [7, 11) is 0. The van der Waals surface area contributed by atoms with Gasteiger partial charge in [-0.3, -0.25) is 4.79 Å². The smallest absolute Gasteiger partial charge is 0.216 e. The molecule has 19 heavy (non-hydrogen) atoms. The lowest BCUT2D eigenvalue weighted by molar-refractivity contribution is -0.119. The predicted molar refractivity (Wildman–Crippen MR) is 72.6 cm³/mol. The van der Waals surface area contributed by atoms with E-state index in [9.17, 15) is 4.79 Å². The molecule has 1 saturated heterocycles. The summed E-state index contributed by atoms with van der Waals surface area (Å²) in [6, 6.07) is 5.83.